The highest BCUT2D eigenvalue weighted by Gasteiger charge is 2.28. The molecule has 3 N–H and O–H groups in total. The van der Waals surface area contributed by atoms with Crippen LogP contribution < -0.4 is 10.6 Å². The number of rotatable bonds is 4. The Hall–Kier alpha value is -2.67. The van der Waals surface area contributed by atoms with E-state index in [-0.39, 0.29) is 12.3 Å². The quantitative estimate of drug-likeness (QED) is 0.746. The first-order valence-electron chi connectivity index (χ1n) is 7.33. The SMILES string of the molecule is Cc1ccc(C(C)(O)CNC(=O)C(=O)Nc2ccc(F)cc2C)o1. The second-order valence-electron chi connectivity index (χ2n) is 5.78. The first kappa shape index (κ1) is 17.7. The highest BCUT2D eigenvalue weighted by molar-refractivity contribution is 6.39. The van der Waals surface area contributed by atoms with Gasteiger partial charge in [0.2, 0.25) is 0 Å². The fourth-order valence-corrected chi connectivity index (χ4v) is 2.09. The van der Waals surface area contributed by atoms with Gasteiger partial charge in [-0.3, -0.25) is 9.59 Å². The number of anilines is 1. The summed E-state index contributed by atoms with van der Waals surface area (Å²) in [6.45, 7) is 4.61. The van der Waals surface area contributed by atoms with Crippen LogP contribution in [0.1, 0.15) is 24.0 Å². The van der Waals surface area contributed by atoms with Crippen molar-refractivity contribution in [2.45, 2.75) is 26.4 Å². The third-order valence-corrected chi connectivity index (χ3v) is 3.51. The predicted molar refractivity (Wildman–Crippen MR) is 85.8 cm³/mol. The Morgan fingerprint density at radius 3 is 2.50 bits per heavy atom. The normalized spacial score (nSPS) is 13.2. The molecule has 0 aliphatic heterocycles. The number of aryl methyl sites for hydroxylation is 2. The fourth-order valence-electron chi connectivity index (χ4n) is 2.09. The van der Waals surface area contributed by atoms with Crippen LogP contribution >= 0.6 is 0 Å². The van der Waals surface area contributed by atoms with Gasteiger partial charge in [0.05, 0.1) is 6.54 Å². The van der Waals surface area contributed by atoms with E-state index in [2.05, 4.69) is 10.6 Å². The van der Waals surface area contributed by atoms with Crippen molar-refractivity contribution in [3.05, 3.63) is 53.2 Å². The lowest BCUT2D eigenvalue weighted by Crippen LogP contribution is -2.43. The van der Waals surface area contributed by atoms with Gasteiger partial charge in [-0.25, -0.2) is 4.39 Å². The van der Waals surface area contributed by atoms with Crippen LogP contribution in [-0.4, -0.2) is 23.5 Å². The van der Waals surface area contributed by atoms with Gasteiger partial charge in [0.15, 0.2) is 0 Å². The molecular formula is C17H19FN2O4. The summed E-state index contributed by atoms with van der Waals surface area (Å²) in [5.41, 5.74) is -0.616. The Labute approximate surface area is 138 Å². The molecule has 24 heavy (non-hydrogen) atoms. The highest BCUT2D eigenvalue weighted by Crippen LogP contribution is 2.22. The molecule has 6 nitrogen and oxygen atoms in total. The molecule has 0 spiro atoms. The molecule has 0 saturated heterocycles. The zero-order chi connectivity index (χ0) is 17.9. The minimum atomic E-state index is -1.45. The maximum atomic E-state index is 13.0. The van der Waals surface area contributed by atoms with E-state index in [0.29, 0.717) is 17.0 Å². The molecule has 1 unspecified atom stereocenters. The maximum absolute atomic E-state index is 13.0. The molecule has 2 rings (SSSR count). The maximum Gasteiger partial charge on any atom is 0.313 e. The Morgan fingerprint density at radius 1 is 1.21 bits per heavy atom. The molecule has 2 amide bonds. The average Bonchev–Trinajstić information content (AvgIpc) is 2.95. The minimum Gasteiger partial charge on any atom is -0.463 e. The molecule has 128 valence electrons. The summed E-state index contributed by atoms with van der Waals surface area (Å²) in [4.78, 5) is 23.8. The first-order chi connectivity index (χ1) is 11.2. The topological polar surface area (TPSA) is 91.6 Å². The summed E-state index contributed by atoms with van der Waals surface area (Å²) < 4.78 is 18.4. The minimum absolute atomic E-state index is 0.200. The van der Waals surface area contributed by atoms with E-state index in [1.807, 2.05) is 0 Å². The molecule has 1 aromatic carbocycles. The van der Waals surface area contributed by atoms with Crippen molar-refractivity contribution in [2.75, 3.05) is 11.9 Å². The third-order valence-electron chi connectivity index (χ3n) is 3.51. The van der Waals surface area contributed by atoms with Crippen LogP contribution in [0, 0.1) is 19.7 Å². The van der Waals surface area contributed by atoms with Gasteiger partial charge >= 0.3 is 11.8 Å². The first-order valence-corrected chi connectivity index (χ1v) is 7.33. The smallest absolute Gasteiger partial charge is 0.313 e. The van der Waals surface area contributed by atoms with Gasteiger partial charge in [-0.05, 0) is 56.7 Å². The number of halogens is 1. The number of carbonyl (C=O) groups excluding carboxylic acids is 2. The van der Waals surface area contributed by atoms with Crippen LogP contribution in [0.15, 0.2) is 34.7 Å². The van der Waals surface area contributed by atoms with Gasteiger partial charge < -0.3 is 20.2 Å². The molecule has 0 saturated carbocycles. The number of benzene rings is 1. The van der Waals surface area contributed by atoms with E-state index >= 15 is 0 Å². The predicted octanol–water partition coefficient (Wildman–Crippen LogP) is 2.00. The summed E-state index contributed by atoms with van der Waals surface area (Å²) in [7, 11) is 0. The number of hydrogen-bond donors (Lipinski definition) is 3. The molecule has 1 aromatic heterocycles. The van der Waals surface area contributed by atoms with Crippen molar-refractivity contribution >= 4 is 17.5 Å². The second kappa shape index (κ2) is 6.84. The van der Waals surface area contributed by atoms with Crippen molar-refractivity contribution in [2.24, 2.45) is 0 Å². The van der Waals surface area contributed by atoms with Crippen LogP contribution in [0.2, 0.25) is 0 Å². The van der Waals surface area contributed by atoms with Crippen LogP contribution in [0.3, 0.4) is 0 Å². The van der Waals surface area contributed by atoms with Crippen LogP contribution in [0.5, 0.6) is 0 Å². The fraction of sp³-hybridized carbons (Fsp3) is 0.294. The van der Waals surface area contributed by atoms with Gasteiger partial charge in [-0.2, -0.15) is 0 Å². The largest absolute Gasteiger partial charge is 0.463 e. The molecule has 7 heteroatoms. The number of carbonyl (C=O) groups is 2. The number of hydrogen-bond acceptors (Lipinski definition) is 4. The summed E-state index contributed by atoms with van der Waals surface area (Å²) in [6.07, 6.45) is 0. The van der Waals surface area contributed by atoms with Crippen LogP contribution in [-0.2, 0) is 15.2 Å². The van der Waals surface area contributed by atoms with E-state index in [4.69, 9.17) is 4.42 Å². The Balaban J connectivity index is 1.95. The van der Waals surface area contributed by atoms with Crippen molar-refractivity contribution in [3.63, 3.8) is 0 Å². The molecule has 0 fully saturated rings. The van der Waals surface area contributed by atoms with E-state index < -0.39 is 23.2 Å². The standard InChI is InChI=1S/C17H19FN2O4/c1-10-8-12(18)5-6-13(10)20-16(22)15(21)19-9-17(3,23)14-7-4-11(2)24-14/h4-8,23H,9H2,1-3H3,(H,19,21)(H,20,22). The van der Waals surface area contributed by atoms with E-state index in [1.165, 1.54) is 25.1 Å². The van der Waals surface area contributed by atoms with Gasteiger partial charge in [-0.1, -0.05) is 0 Å². The number of nitrogens with one attached hydrogen (secondary N) is 2. The summed E-state index contributed by atoms with van der Waals surface area (Å²) in [6, 6.07) is 7.10. The zero-order valence-corrected chi connectivity index (χ0v) is 13.6. The summed E-state index contributed by atoms with van der Waals surface area (Å²) >= 11 is 0. The number of aliphatic hydroxyl groups is 1. The molecule has 0 aliphatic rings. The lowest BCUT2D eigenvalue weighted by atomic mass is 10.0. The third kappa shape index (κ3) is 4.20. The van der Waals surface area contributed by atoms with Gasteiger partial charge in [-0.15, -0.1) is 0 Å². The molecule has 0 aliphatic carbocycles. The Bertz CT molecular complexity index is 768. The van der Waals surface area contributed by atoms with E-state index in [0.717, 1.165) is 0 Å². The van der Waals surface area contributed by atoms with Crippen molar-refractivity contribution in [1.82, 2.24) is 5.32 Å². The van der Waals surface area contributed by atoms with Gasteiger partial charge in [0, 0.05) is 5.69 Å². The monoisotopic (exact) mass is 334 g/mol. The number of amides is 2. The zero-order valence-electron chi connectivity index (χ0n) is 13.6. The second-order valence-corrected chi connectivity index (χ2v) is 5.78. The summed E-state index contributed by atoms with van der Waals surface area (Å²) in [5.74, 6) is -1.34. The highest BCUT2D eigenvalue weighted by atomic mass is 19.1. The van der Waals surface area contributed by atoms with Gasteiger partial charge in [0.25, 0.3) is 0 Å². The Morgan fingerprint density at radius 2 is 1.92 bits per heavy atom. The molecule has 0 radical (unpaired) electrons. The molecule has 1 atom stereocenters. The van der Waals surface area contributed by atoms with Crippen molar-refractivity contribution in [1.29, 1.82) is 0 Å². The van der Waals surface area contributed by atoms with Crippen molar-refractivity contribution < 1.29 is 23.5 Å². The molecular weight excluding hydrogens is 315 g/mol. The lowest BCUT2D eigenvalue weighted by Gasteiger charge is -2.21. The number of furan rings is 1. The Kier molecular flexibility index (Phi) is 5.04. The lowest BCUT2D eigenvalue weighted by molar-refractivity contribution is -0.136. The van der Waals surface area contributed by atoms with Gasteiger partial charge in [0.1, 0.15) is 22.9 Å². The van der Waals surface area contributed by atoms with Crippen molar-refractivity contribution in [3.8, 4) is 0 Å². The molecule has 1 heterocycles. The van der Waals surface area contributed by atoms with Crippen LogP contribution in [0.4, 0.5) is 10.1 Å². The molecule has 0 bridgehead atoms. The van der Waals surface area contributed by atoms with E-state index in [9.17, 15) is 19.1 Å². The van der Waals surface area contributed by atoms with Crippen LogP contribution in [0.25, 0.3) is 0 Å². The molecule has 2 aromatic rings. The average molecular weight is 334 g/mol. The summed E-state index contributed by atoms with van der Waals surface area (Å²) in [5, 5.41) is 15.1. The van der Waals surface area contributed by atoms with E-state index in [1.54, 1.807) is 26.0 Å².